The van der Waals surface area contributed by atoms with Gasteiger partial charge in [0.1, 0.15) is 0 Å². The highest BCUT2D eigenvalue weighted by Gasteiger charge is 1.99. The molecular formula is C30H62S19. The van der Waals surface area contributed by atoms with E-state index < -0.39 is 0 Å². The summed E-state index contributed by atoms with van der Waals surface area (Å²) < 4.78 is 0. The Morgan fingerprint density at radius 1 is 0.265 bits per heavy atom. The number of thioether (sulfide) groups is 5. The van der Waals surface area contributed by atoms with E-state index in [0.717, 1.165) is 5.08 Å². The van der Waals surface area contributed by atoms with Crippen LogP contribution in [0.4, 0.5) is 0 Å². The first-order chi connectivity index (χ1) is 24.4. The fraction of sp³-hybridized carbons (Fsp3) is 1.00. The van der Waals surface area contributed by atoms with Gasteiger partial charge in [-0.1, -0.05) is 151 Å². The molecule has 19 heteroatoms. The third-order valence-corrected chi connectivity index (χ3v) is 28.7. The van der Waals surface area contributed by atoms with Crippen molar-refractivity contribution in [3.63, 3.8) is 0 Å². The largest absolute Gasteiger partial charge is 0.167 e. The molecule has 0 unspecified atom stereocenters. The molecular weight excluding hydrogens is 970 g/mol. The maximum absolute atomic E-state index is 4.22. The van der Waals surface area contributed by atoms with Crippen LogP contribution in [0.5, 0.6) is 0 Å². The lowest BCUT2D eigenvalue weighted by Gasteiger charge is -2.04. The van der Waals surface area contributed by atoms with Crippen LogP contribution in [0, 0.1) is 0 Å². The van der Waals surface area contributed by atoms with E-state index in [1.807, 2.05) is 31.4 Å². The average molecular weight is 1030 g/mol. The second kappa shape index (κ2) is 54.6. The second-order valence-electron chi connectivity index (χ2n) is 9.85. The minimum Gasteiger partial charge on any atom is -0.167 e. The van der Waals surface area contributed by atoms with Crippen molar-refractivity contribution in [3.8, 4) is 0 Å². The highest BCUT2D eigenvalue weighted by Crippen LogP contribution is 2.36. The van der Waals surface area contributed by atoms with Crippen LogP contribution in [-0.2, 0) is 0 Å². The number of unbranched alkanes of at least 4 members (excludes halogenated alkanes) is 6. The van der Waals surface area contributed by atoms with Crippen molar-refractivity contribution in [1.29, 1.82) is 0 Å². The fourth-order valence-electron chi connectivity index (χ4n) is 3.43. The number of hydrogen-bond acceptors (Lipinski definition) is 19. The first-order valence-electron chi connectivity index (χ1n) is 17.1. The first kappa shape index (κ1) is 55.7. The van der Waals surface area contributed by atoms with Crippen LogP contribution in [0.1, 0.15) is 64.2 Å². The Bertz CT molecular complexity index is 523. The van der Waals surface area contributed by atoms with Gasteiger partial charge in [0.25, 0.3) is 0 Å². The highest BCUT2D eigenvalue weighted by molar-refractivity contribution is 9.09. The molecule has 0 aromatic carbocycles. The minimum atomic E-state index is 0.929. The van der Waals surface area contributed by atoms with E-state index in [4.69, 9.17) is 0 Å². The zero-order valence-electron chi connectivity index (χ0n) is 29.0. The van der Waals surface area contributed by atoms with Gasteiger partial charge in [0.2, 0.25) is 0 Å². The van der Waals surface area contributed by atoms with Crippen LogP contribution < -0.4 is 0 Å². The van der Waals surface area contributed by atoms with E-state index in [1.165, 1.54) is 173 Å². The van der Waals surface area contributed by atoms with Crippen LogP contribution in [0.3, 0.4) is 0 Å². The molecule has 0 fully saturated rings. The molecule has 0 nitrogen and oxygen atoms in total. The molecule has 0 atom stereocenters. The molecule has 0 amide bonds. The van der Waals surface area contributed by atoms with E-state index in [0.29, 0.717) is 0 Å². The Labute approximate surface area is 384 Å². The predicted molar refractivity (Wildman–Crippen MR) is 291 cm³/mol. The van der Waals surface area contributed by atoms with E-state index in [9.17, 15) is 0 Å². The van der Waals surface area contributed by atoms with Gasteiger partial charge in [-0.05, 0) is 64.9 Å². The predicted octanol–water partition coefficient (Wildman–Crippen LogP) is 16.5. The van der Waals surface area contributed by atoms with Crippen molar-refractivity contribution in [2.24, 2.45) is 0 Å². The van der Waals surface area contributed by atoms with Crippen LogP contribution >= 0.6 is 212 Å². The fourth-order valence-corrected chi connectivity index (χ4v) is 24.7. The van der Waals surface area contributed by atoms with Gasteiger partial charge in [0, 0.05) is 85.6 Å². The monoisotopic (exact) mass is 1030 g/mol. The summed E-state index contributed by atoms with van der Waals surface area (Å²) in [6.45, 7) is 0. The van der Waals surface area contributed by atoms with Gasteiger partial charge in [0.15, 0.2) is 0 Å². The standard InChI is InChI=1S/C30H62S19/c31-29-46-39-16-8-13-34-20-22-37-24-26-42-43-27-28-45-49-44-18-10-12-33-11-6-4-2-1-3-5-7-15-40-47-30-48-41-17-9-14-35-19-21-36-23-25-38-32/h31-32H,1-30H2. The molecule has 0 N–H and O–H groups in total. The van der Waals surface area contributed by atoms with Crippen molar-refractivity contribution < 1.29 is 0 Å². The van der Waals surface area contributed by atoms with Gasteiger partial charge in [-0.25, -0.2) is 0 Å². The molecule has 0 saturated carbocycles. The van der Waals surface area contributed by atoms with Gasteiger partial charge in [0.05, 0.1) is 5.08 Å². The summed E-state index contributed by atoms with van der Waals surface area (Å²) >= 11 is 19.0. The maximum Gasteiger partial charge on any atom is 0.0600 e. The van der Waals surface area contributed by atoms with Crippen molar-refractivity contribution in [3.05, 3.63) is 0 Å². The SMILES string of the molecule is SCSSCCCSCCSCCSSCCSSSCCCSCCCCCCCCCSSCSSCCCSCCSCCSS. The second-order valence-corrected chi connectivity index (χ2v) is 33.4. The third kappa shape index (κ3) is 54.6. The van der Waals surface area contributed by atoms with E-state index >= 15 is 0 Å². The zero-order valence-corrected chi connectivity index (χ0v) is 44.7. The molecule has 0 aliphatic carbocycles. The van der Waals surface area contributed by atoms with Gasteiger partial charge in [-0.15, -0.1) is 11.7 Å². The summed E-state index contributed by atoms with van der Waals surface area (Å²) in [6.07, 6.45) is 14.1. The lowest BCUT2D eigenvalue weighted by Crippen LogP contribution is -1.91. The smallest absolute Gasteiger partial charge is 0.0600 e. The zero-order chi connectivity index (χ0) is 35.2. The number of thiol groups is 2. The molecule has 49 heavy (non-hydrogen) atoms. The average Bonchev–Trinajstić information content (AvgIpc) is 3.11. The third-order valence-electron chi connectivity index (χ3n) is 5.77. The Morgan fingerprint density at radius 3 is 1.20 bits per heavy atom. The van der Waals surface area contributed by atoms with Crippen molar-refractivity contribution in [2.75, 3.05) is 114 Å². The van der Waals surface area contributed by atoms with Gasteiger partial charge in [-0.2, -0.15) is 71.4 Å². The highest BCUT2D eigenvalue weighted by atomic mass is 33.5. The summed E-state index contributed by atoms with van der Waals surface area (Å²) in [5, 5.41) is 2.16. The van der Waals surface area contributed by atoms with Gasteiger partial charge >= 0.3 is 0 Å². The van der Waals surface area contributed by atoms with Crippen LogP contribution in [0.2, 0.25) is 0 Å². The molecule has 0 heterocycles. The molecule has 0 aromatic rings. The van der Waals surface area contributed by atoms with Crippen molar-refractivity contribution >= 4 is 212 Å². The molecule has 0 aliphatic rings. The van der Waals surface area contributed by atoms with Crippen LogP contribution in [0.25, 0.3) is 0 Å². The van der Waals surface area contributed by atoms with Gasteiger partial charge < -0.3 is 0 Å². The van der Waals surface area contributed by atoms with Crippen molar-refractivity contribution in [1.82, 2.24) is 0 Å². The van der Waals surface area contributed by atoms with Crippen LogP contribution in [0.15, 0.2) is 0 Å². The normalized spacial score (nSPS) is 11.6. The summed E-state index contributed by atoms with van der Waals surface area (Å²) in [5.74, 6) is 23.3. The Morgan fingerprint density at radius 2 is 0.612 bits per heavy atom. The molecule has 0 aromatic heterocycles. The minimum absolute atomic E-state index is 0.929. The molecule has 296 valence electrons. The molecule has 0 spiro atoms. The maximum atomic E-state index is 4.22. The lowest BCUT2D eigenvalue weighted by atomic mass is 10.1. The lowest BCUT2D eigenvalue weighted by molar-refractivity contribution is 0.605. The summed E-state index contributed by atoms with van der Waals surface area (Å²) in [6, 6.07) is 0. The quantitative estimate of drug-likeness (QED) is 0.0257. The summed E-state index contributed by atoms with van der Waals surface area (Å²) in [7, 11) is 24.0. The Kier molecular flexibility index (Phi) is 62.1. The van der Waals surface area contributed by atoms with E-state index in [1.54, 1.807) is 10.8 Å². The molecule has 0 aliphatic heterocycles. The molecule has 0 saturated heterocycles. The topological polar surface area (TPSA) is 0 Å². The Hall–Kier alpha value is 6.65. The summed E-state index contributed by atoms with van der Waals surface area (Å²) in [4.78, 5) is 0. The molecule has 0 radical (unpaired) electrons. The summed E-state index contributed by atoms with van der Waals surface area (Å²) in [5.41, 5.74) is 0. The molecule has 0 bridgehead atoms. The van der Waals surface area contributed by atoms with E-state index in [-0.39, 0.29) is 0 Å². The van der Waals surface area contributed by atoms with Crippen LogP contribution in [-0.4, -0.2) is 114 Å². The van der Waals surface area contributed by atoms with Crippen molar-refractivity contribution in [2.45, 2.75) is 64.2 Å². The Balaban J connectivity index is 3.04. The molecule has 0 rings (SSSR count). The first-order valence-corrected chi connectivity index (χ1v) is 39.3. The number of hydrogen-bond donors (Lipinski definition) is 2. The number of rotatable bonds is 46. The van der Waals surface area contributed by atoms with Gasteiger partial charge in [-0.3, -0.25) is 0 Å². The van der Waals surface area contributed by atoms with E-state index in [2.05, 4.69) is 169 Å².